The van der Waals surface area contributed by atoms with E-state index in [0.717, 1.165) is 5.56 Å². The molecular formula is C14H12ClNO3. The average Bonchev–Trinajstić information content (AvgIpc) is 2.41. The molecule has 5 heteroatoms. The first-order chi connectivity index (χ1) is 9.08. The van der Waals surface area contributed by atoms with Crippen molar-refractivity contribution in [1.29, 1.82) is 0 Å². The van der Waals surface area contributed by atoms with Gasteiger partial charge in [-0.25, -0.2) is 9.78 Å². The molecule has 0 fully saturated rings. The first-order valence-corrected chi connectivity index (χ1v) is 6.06. The summed E-state index contributed by atoms with van der Waals surface area (Å²) in [6.45, 7) is 1.87. The number of benzene rings is 1. The molecule has 1 aromatic heterocycles. The molecule has 1 aromatic carbocycles. The van der Waals surface area contributed by atoms with Crippen molar-refractivity contribution in [2.24, 2.45) is 0 Å². The van der Waals surface area contributed by atoms with Gasteiger partial charge in [0, 0.05) is 6.07 Å². The van der Waals surface area contributed by atoms with Crippen LogP contribution in [0.4, 0.5) is 0 Å². The van der Waals surface area contributed by atoms with Gasteiger partial charge in [-0.3, -0.25) is 0 Å². The van der Waals surface area contributed by atoms with E-state index in [0.29, 0.717) is 0 Å². The molecule has 0 aliphatic rings. The molecular weight excluding hydrogens is 266 g/mol. The van der Waals surface area contributed by atoms with Gasteiger partial charge >= 0.3 is 5.97 Å². The number of hydrogen-bond acceptors (Lipinski definition) is 3. The van der Waals surface area contributed by atoms with Crippen molar-refractivity contribution in [3.05, 3.63) is 58.7 Å². The maximum absolute atomic E-state index is 11.0. The quantitative estimate of drug-likeness (QED) is 0.928. The highest BCUT2D eigenvalue weighted by molar-refractivity contribution is 6.33. The monoisotopic (exact) mass is 277 g/mol. The zero-order chi connectivity index (χ0) is 13.8. The Morgan fingerprint density at radius 1 is 1.37 bits per heavy atom. The van der Waals surface area contributed by atoms with E-state index in [1.165, 1.54) is 12.3 Å². The van der Waals surface area contributed by atoms with Crippen LogP contribution in [0.2, 0.25) is 5.02 Å². The fraction of sp³-hybridized carbons (Fsp3) is 0.143. The number of carboxylic acid groups (broad SMARTS) is 1. The van der Waals surface area contributed by atoms with Crippen molar-refractivity contribution in [3.8, 4) is 5.88 Å². The molecule has 1 N–H and O–H groups in total. The zero-order valence-corrected chi connectivity index (χ0v) is 11.0. The van der Waals surface area contributed by atoms with Crippen LogP contribution >= 0.6 is 11.6 Å². The van der Waals surface area contributed by atoms with Crippen molar-refractivity contribution < 1.29 is 14.6 Å². The van der Waals surface area contributed by atoms with Gasteiger partial charge in [-0.2, -0.15) is 0 Å². The van der Waals surface area contributed by atoms with Gasteiger partial charge in [-0.05, 0) is 12.5 Å². The first-order valence-electron chi connectivity index (χ1n) is 5.68. The number of ether oxygens (including phenoxy) is 1. The number of halogens is 1. The molecule has 0 radical (unpaired) electrons. The van der Waals surface area contributed by atoms with Gasteiger partial charge in [0.15, 0.2) is 0 Å². The second kappa shape index (κ2) is 5.71. The number of aromatic nitrogens is 1. The molecule has 0 amide bonds. The van der Waals surface area contributed by atoms with Gasteiger partial charge in [0.05, 0.1) is 16.8 Å². The van der Waals surface area contributed by atoms with Crippen LogP contribution in [0, 0.1) is 0 Å². The van der Waals surface area contributed by atoms with E-state index in [4.69, 9.17) is 21.4 Å². The molecule has 4 nitrogen and oxygen atoms in total. The van der Waals surface area contributed by atoms with Gasteiger partial charge in [-0.1, -0.05) is 41.9 Å². The summed E-state index contributed by atoms with van der Waals surface area (Å²) < 4.78 is 5.61. The lowest BCUT2D eigenvalue weighted by atomic mass is 10.1. The molecule has 0 aliphatic heterocycles. The predicted molar refractivity (Wildman–Crippen MR) is 71.7 cm³/mol. The van der Waals surface area contributed by atoms with Crippen LogP contribution in [0.15, 0.2) is 42.6 Å². The van der Waals surface area contributed by atoms with Gasteiger partial charge in [0.1, 0.15) is 6.10 Å². The Labute approximate surface area is 115 Å². The summed E-state index contributed by atoms with van der Waals surface area (Å²) in [5.41, 5.74) is 0.961. The van der Waals surface area contributed by atoms with Crippen molar-refractivity contribution in [1.82, 2.24) is 4.98 Å². The summed E-state index contributed by atoms with van der Waals surface area (Å²) in [5, 5.41) is 9.06. The van der Waals surface area contributed by atoms with E-state index in [-0.39, 0.29) is 22.6 Å². The highest BCUT2D eigenvalue weighted by Gasteiger charge is 2.13. The van der Waals surface area contributed by atoms with E-state index >= 15 is 0 Å². The molecule has 2 rings (SSSR count). The van der Waals surface area contributed by atoms with E-state index < -0.39 is 5.97 Å². The summed E-state index contributed by atoms with van der Waals surface area (Å²) in [6.07, 6.45) is 1.05. The van der Waals surface area contributed by atoms with Gasteiger partial charge in [-0.15, -0.1) is 0 Å². The van der Waals surface area contributed by atoms with Crippen molar-refractivity contribution in [3.63, 3.8) is 0 Å². The molecule has 2 aromatic rings. The SMILES string of the molecule is CC(Oc1cc(C(=O)O)c(Cl)cn1)c1ccccc1. The molecule has 1 unspecified atom stereocenters. The molecule has 1 heterocycles. The molecule has 0 aliphatic carbocycles. The minimum Gasteiger partial charge on any atom is -0.478 e. The van der Waals surface area contributed by atoms with Crippen LogP contribution in [-0.4, -0.2) is 16.1 Å². The van der Waals surface area contributed by atoms with Crippen molar-refractivity contribution in [2.75, 3.05) is 0 Å². The summed E-state index contributed by atoms with van der Waals surface area (Å²) in [6, 6.07) is 10.9. The maximum Gasteiger partial charge on any atom is 0.337 e. The fourth-order valence-corrected chi connectivity index (χ4v) is 1.81. The summed E-state index contributed by atoms with van der Waals surface area (Å²) in [4.78, 5) is 14.9. The Morgan fingerprint density at radius 3 is 2.68 bits per heavy atom. The first kappa shape index (κ1) is 13.4. The molecule has 0 saturated carbocycles. The zero-order valence-electron chi connectivity index (χ0n) is 10.2. The topological polar surface area (TPSA) is 59.4 Å². The Balaban J connectivity index is 2.20. The average molecular weight is 278 g/mol. The molecule has 0 spiro atoms. The molecule has 0 bridgehead atoms. The third-order valence-corrected chi connectivity index (χ3v) is 2.93. The Kier molecular flexibility index (Phi) is 4.02. The fourth-order valence-electron chi connectivity index (χ4n) is 1.62. The molecule has 0 saturated heterocycles. The highest BCUT2D eigenvalue weighted by atomic mass is 35.5. The molecule has 1 atom stereocenters. The van der Waals surface area contributed by atoms with Crippen LogP contribution < -0.4 is 4.74 Å². The lowest BCUT2D eigenvalue weighted by molar-refractivity contribution is 0.0696. The van der Waals surface area contributed by atoms with E-state index in [9.17, 15) is 4.79 Å². The minimum atomic E-state index is -1.11. The summed E-state index contributed by atoms with van der Waals surface area (Å²) in [5.74, 6) is -0.872. The minimum absolute atomic E-state index is 0.0214. The predicted octanol–water partition coefficient (Wildman–Crippen LogP) is 3.57. The smallest absolute Gasteiger partial charge is 0.337 e. The third-order valence-electron chi connectivity index (χ3n) is 2.63. The number of nitrogens with zero attached hydrogens (tertiary/aromatic N) is 1. The van der Waals surface area contributed by atoms with Crippen LogP contribution in [0.25, 0.3) is 0 Å². The number of aromatic carboxylic acids is 1. The summed E-state index contributed by atoms with van der Waals surface area (Å²) >= 11 is 5.75. The van der Waals surface area contributed by atoms with E-state index in [1.54, 1.807) is 0 Å². The van der Waals surface area contributed by atoms with Crippen molar-refractivity contribution >= 4 is 17.6 Å². The van der Waals surface area contributed by atoms with Crippen molar-refractivity contribution in [2.45, 2.75) is 13.0 Å². The summed E-state index contributed by atoms with van der Waals surface area (Å²) in [7, 11) is 0. The Bertz CT molecular complexity index is 586. The highest BCUT2D eigenvalue weighted by Crippen LogP contribution is 2.23. The largest absolute Gasteiger partial charge is 0.478 e. The van der Waals surface area contributed by atoms with Crippen LogP contribution in [0.1, 0.15) is 28.9 Å². The number of carboxylic acids is 1. The number of hydrogen-bond donors (Lipinski definition) is 1. The number of rotatable bonds is 4. The van der Waals surface area contributed by atoms with Gasteiger partial charge < -0.3 is 9.84 Å². The Morgan fingerprint density at radius 2 is 2.05 bits per heavy atom. The van der Waals surface area contributed by atoms with Crippen LogP contribution in [0.5, 0.6) is 5.88 Å². The lowest BCUT2D eigenvalue weighted by Crippen LogP contribution is -2.06. The van der Waals surface area contributed by atoms with Gasteiger partial charge in [0.2, 0.25) is 5.88 Å². The van der Waals surface area contributed by atoms with Gasteiger partial charge in [0.25, 0.3) is 0 Å². The molecule has 19 heavy (non-hydrogen) atoms. The number of pyridine rings is 1. The maximum atomic E-state index is 11.0. The standard InChI is InChI=1S/C14H12ClNO3/c1-9(10-5-3-2-4-6-10)19-13-7-11(14(17)18)12(15)8-16-13/h2-9H,1H3,(H,17,18). The third kappa shape index (κ3) is 3.23. The normalized spacial score (nSPS) is 11.9. The number of carbonyl (C=O) groups is 1. The van der Waals surface area contributed by atoms with E-state index in [2.05, 4.69) is 4.98 Å². The molecule has 98 valence electrons. The Hall–Kier alpha value is -2.07. The lowest BCUT2D eigenvalue weighted by Gasteiger charge is -2.14. The van der Waals surface area contributed by atoms with Crippen LogP contribution in [-0.2, 0) is 0 Å². The second-order valence-electron chi connectivity index (χ2n) is 3.98. The second-order valence-corrected chi connectivity index (χ2v) is 4.39. The van der Waals surface area contributed by atoms with E-state index in [1.807, 2.05) is 37.3 Å². The van der Waals surface area contributed by atoms with Crippen LogP contribution in [0.3, 0.4) is 0 Å².